The van der Waals surface area contributed by atoms with Crippen LogP contribution < -0.4 is 0 Å². The van der Waals surface area contributed by atoms with Gasteiger partial charge in [0.1, 0.15) is 0 Å². The Balaban J connectivity index is 3.07. The fourth-order valence-electron chi connectivity index (χ4n) is 2.02. The third-order valence-corrected chi connectivity index (χ3v) is 6.73. The number of carbonyl (C=O) groups is 1. The van der Waals surface area contributed by atoms with Crippen molar-refractivity contribution in [2.24, 2.45) is 5.92 Å². The lowest BCUT2D eigenvalue weighted by molar-refractivity contribution is -0.161. The Hall–Kier alpha value is -0.900. The van der Waals surface area contributed by atoms with Crippen LogP contribution in [0.4, 0.5) is 0 Å². The summed E-state index contributed by atoms with van der Waals surface area (Å²) in [5.41, 5.74) is -2.04. The zero-order valence-electron chi connectivity index (χ0n) is 11.8. The summed E-state index contributed by atoms with van der Waals surface area (Å²) in [7, 11) is -0.906. The molecular formula is C14H20O4PS+. The number of rotatable bonds is 7. The molecule has 0 radical (unpaired) electrons. The fourth-order valence-corrected chi connectivity index (χ4v) is 4.37. The van der Waals surface area contributed by atoms with Crippen LogP contribution in [0.15, 0.2) is 35.2 Å². The van der Waals surface area contributed by atoms with Crippen molar-refractivity contribution >= 4 is 26.2 Å². The molecule has 4 nitrogen and oxygen atoms in total. The molecule has 0 spiro atoms. The zero-order chi connectivity index (χ0) is 15.4. The molecule has 0 aliphatic heterocycles. The van der Waals surface area contributed by atoms with Gasteiger partial charge in [0.2, 0.25) is 10.8 Å². The predicted molar refractivity (Wildman–Crippen MR) is 82.0 cm³/mol. The minimum Gasteiger partial charge on any atom is -0.479 e. The maximum absolute atomic E-state index is 11.8. The molecule has 0 aliphatic rings. The van der Waals surface area contributed by atoms with Crippen molar-refractivity contribution in [1.82, 2.24) is 0 Å². The van der Waals surface area contributed by atoms with E-state index >= 15 is 0 Å². The molecular weight excluding hydrogens is 295 g/mol. The second-order valence-electron chi connectivity index (χ2n) is 5.21. The summed E-state index contributed by atoms with van der Waals surface area (Å²) < 4.78 is 11.8. The highest BCUT2D eigenvalue weighted by molar-refractivity contribution is 7.99. The Morgan fingerprint density at radius 2 is 1.90 bits per heavy atom. The molecule has 1 rings (SSSR count). The molecule has 6 heteroatoms. The number of thioether (sulfide) groups is 1. The first kappa shape index (κ1) is 17.2. The predicted octanol–water partition coefficient (Wildman–Crippen LogP) is 3.03. The molecule has 0 heterocycles. The smallest absolute Gasteiger partial charge is 0.340 e. The number of benzene rings is 1. The van der Waals surface area contributed by atoms with Crippen LogP contribution >= 0.6 is 20.2 Å². The highest BCUT2D eigenvalue weighted by atomic mass is 32.2. The molecule has 110 valence electrons. The van der Waals surface area contributed by atoms with E-state index in [1.807, 2.05) is 30.3 Å². The molecule has 1 aromatic carbocycles. The van der Waals surface area contributed by atoms with Crippen LogP contribution in [0.25, 0.3) is 0 Å². The van der Waals surface area contributed by atoms with E-state index in [1.165, 1.54) is 18.7 Å². The standard InChI is InChI=1S/C14H19O4PS/c1-10(2)14(19-18,13(3,17)12(15)16)9-20-11-7-5-4-6-8-11/h4-8,10,17H,9H2,1-3H3,(H,15,16)/p+1. The number of aliphatic hydroxyl groups is 1. The number of carboxylic acid groups (broad SMARTS) is 1. The van der Waals surface area contributed by atoms with Crippen molar-refractivity contribution in [1.29, 1.82) is 0 Å². The molecule has 0 aromatic heterocycles. The normalized spacial score (nSPS) is 17.6. The first-order chi connectivity index (χ1) is 9.28. The van der Waals surface area contributed by atoms with Crippen molar-refractivity contribution in [3.8, 4) is 0 Å². The molecule has 20 heavy (non-hydrogen) atoms. The van der Waals surface area contributed by atoms with E-state index in [-0.39, 0.29) is 11.7 Å². The van der Waals surface area contributed by atoms with Gasteiger partial charge >= 0.3 is 14.4 Å². The summed E-state index contributed by atoms with van der Waals surface area (Å²) >= 11 is 1.41. The lowest BCUT2D eigenvalue weighted by Crippen LogP contribution is -2.58. The van der Waals surface area contributed by atoms with Crippen molar-refractivity contribution in [2.75, 3.05) is 5.75 Å². The molecule has 0 saturated heterocycles. The summed E-state index contributed by atoms with van der Waals surface area (Å²) in [5, 5.41) is 18.4. The molecule has 0 bridgehead atoms. The molecule has 2 N–H and O–H groups in total. The minimum atomic E-state index is -2.04. The average Bonchev–Trinajstić information content (AvgIpc) is 2.40. The topological polar surface area (TPSA) is 74.6 Å². The average molecular weight is 315 g/mol. The minimum absolute atomic E-state index is 0.236. The van der Waals surface area contributed by atoms with Gasteiger partial charge in [0.05, 0.1) is 5.75 Å². The first-order valence-electron chi connectivity index (χ1n) is 6.31. The second-order valence-corrected chi connectivity index (χ2v) is 7.35. The van der Waals surface area contributed by atoms with Gasteiger partial charge in [-0.2, -0.15) is 0 Å². The molecule has 1 aromatic rings. The van der Waals surface area contributed by atoms with Crippen LogP contribution in [-0.4, -0.2) is 32.7 Å². The van der Waals surface area contributed by atoms with Gasteiger partial charge < -0.3 is 10.2 Å². The highest BCUT2D eigenvalue weighted by Crippen LogP contribution is 2.45. The van der Waals surface area contributed by atoms with Crippen LogP contribution in [0.5, 0.6) is 0 Å². The van der Waals surface area contributed by atoms with Crippen molar-refractivity contribution in [3.05, 3.63) is 30.3 Å². The Labute approximate surface area is 124 Å². The third-order valence-electron chi connectivity index (χ3n) is 3.66. The van der Waals surface area contributed by atoms with Crippen molar-refractivity contribution in [2.45, 2.75) is 36.4 Å². The highest BCUT2D eigenvalue weighted by Gasteiger charge is 2.61. The van der Waals surface area contributed by atoms with Gasteiger partial charge in [-0.15, -0.1) is 11.8 Å². The van der Waals surface area contributed by atoms with Crippen LogP contribution in [0.1, 0.15) is 20.8 Å². The van der Waals surface area contributed by atoms with E-state index in [2.05, 4.69) is 0 Å². The summed E-state index contributed by atoms with van der Waals surface area (Å²) in [4.78, 5) is 12.3. The van der Waals surface area contributed by atoms with Crippen molar-refractivity contribution in [3.63, 3.8) is 0 Å². The van der Waals surface area contributed by atoms with Gasteiger partial charge in [-0.25, -0.2) is 4.79 Å². The quantitative estimate of drug-likeness (QED) is 0.597. The first-order valence-corrected chi connectivity index (χ1v) is 8.20. The number of hydrogen-bond donors (Lipinski definition) is 2. The van der Waals surface area contributed by atoms with E-state index in [4.69, 9.17) is 0 Å². The van der Waals surface area contributed by atoms with E-state index in [0.717, 1.165) is 4.90 Å². The summed E-state index contributed by atoms with van der Waals surface area (Å²) in [6.45, 7) is 4.80. The van der Waals surface area contributed by atoms with Crippen LogP contribution in [0, 0.1) is 5.92 Å². The zero-order valence-corrected chi connectivity index (χ0v) is 13.6. The molecule has 0 fully saturated rings. The summed E-state index contributed by atoms with van der Waals surface area (Å²) in [6, 6.07) is 9.46. The van der Waals surface area contributed by atoms with Gasteiger partial charge in [0.15, 0.2) is 0 Å². The molecule has 0 aliphatic carbocycles. The number of aliphatic carboxylic acids is 1. The Morgan fingerprint density at radius 3 is 2.30 bits per heavy atom. The molecule has 3 atom stereocenters. The largest absolute Gasteiger partial charge is 0.479 e. The Morgan fingerprint density at radius 1 is 1.35 bits per heavy atom. The van der Waals surface area contributed by atoms with E-state index < -0.39 is 25.2 Å². The lowest BCUT2D eigenvalue weighted by Gasteiger charge is -2.34. The van der Waals surface area contributed by atoms with Crippen molar-refractivity contribution < 1.29 is 19.6 Å². The van der Waals surface area contributed by atoms with Crippen LogP contribution in [0.3, 0.4) is 0 Å². The molecule has 0 amide bonds. The van der Waals surface area contributed by atoms with Crippen LogP contribution in [-0.2, 0) is 9.36 Å². The van der Waals surface area contributed by atoms with E-state index in [1.54, 1.807) is 13.8 Å². The van der Waals surface area contributed by atoms with Gasteiger partial charge in [-0.05, 0) is 19.1 Å². The number of hydrogen-bond acceptors (Lipinski definition) is 4. The summed E-state index contributed by atoms with van der Waals surface area (Å²) in [6.07, 6.45) is 0. The van der Waals surface area contributed by atoms with E-state index in [9.17, 15) is 19.6 Å². The maximum atomic E-state index is 11.8. The second kappa shape index (κ2) is 6.70. The Bertz CT molecular complexity index is 475. The van der Waals surface area contributed by atoms with Gasteiger partial charge in [-0.3, -0.25) is 0 Å². The van der Waals surface area contributed by atoms with E-state index in [0.29, 0.717) is 0 Å². The SMILES string of the molecule is CC(C)C(CSc1ccccc1)([PH+]=O)C(C)(O)C(=O)O. The van der Waals surface area contributed by atoms with Crippen LogP contribution in [0.2, 0.25) is 0 Å². The van der Waals surface area contributed by atoms with Gasteiger partial charge in [0, 0.05) is 10.8 Å². The summed E-state index contributed by atoms with van der Waals surface area (Å²) in [5.74, 6) is -1.31. The maximum Gasteiger partial charge on any atom is 0.340 e. The third kappa shape index (κ3) is 3.22. The Kier molecular flexibility index (Phi) is 5.75. The molecule has 0 saturated carbocycles. The molecule has 3 unspecified atom stereocenters. The van der Waals surface area contributed by atoms with Gasteiger partial charge in [0.25, 0.3) is 0 Å². The lowest BCUT2D eigenvalue weighted by atomic mass is 9.81. The number of carboxylic acids is 1. The fraction of sp³-hybridized carbons (Fsp3) is 0.500. The van der Waals surface area contributed by atoms with Gasteiger partial charge in [-0.1, -0.05) is 36.6 Å². The monoisotopic (exact) mass is 315 g/mol.